The first-order chi connectivity index (χ1) is 8.63. The molecule has 18 heavy (non-hydrogen) atoms. The molecule has 98 valence electrons. The molecule has 2 amide bonds. The zero-order valence-corrected chi connectivity index (χ0v) is 10.6. The summed E-state index contributed by atoms with van der Waals surface area (Å²) in [6, 6.07) is 7.56. The summed E-state index contributed by atoms with van der Waals surface area (Å²) in [4.78, 5) is 13.1. The Balaban J connectivity index is 1.98. The van der Waals surface area contributed by atoms with Gasteiger partial charge in [0.2, 0.25) is 0 Å². The van der Waals surface area contributed by atoms with E-state index in [1.54, 1.807) is 0 Å². The number of piperidine rings is 1. The molecule has 5 heteroatoms. The Morgan fingerprint density at radius 2 is 2.22 bits per heavy atom. The van der Waals surface area contributed by atoms with Crippen LogP contribution in [0.3, 0.4) is 0 Å². The highest BCUT2D eigenvalue weighted by Crippen LogP contribution is 2.18. The van der Waals surface area contributed by atoms with E-state index < -0.39 is 6.03 Å². The number of likely N-dealkylation sites (tertiary alicyclic amines) is 1. The summed E-state index contributed by atoms with van der Waals surface area (Å²) in [6.07, 6.45) is 2.39. The van der Waals surface area contributed by atoms with Crippen LogP contribution in [0.4, 0.5) is 16.2 Å². The van der Waals surface area contributed by atoms with Gasteiger partial charge >= 0.3 is 6.03 Å². The molecule has 1 aromatic rings. The van der Waals surface area contributed by atoms with Crippen molar-refractivity contribution in [3.8, 4) is 0 Å². The van der Waals surface area contributed by atoms with Crippen LogP contribution in [0.1, 0.15) is 12.8 Å². The quantitative estimate of drug-likeness (QED) is 0.762. The van der Waals surface area contributed by atoms with Gasteiger partial charge in [0.05, 0.1) is 0 Å². The first-order valence-electron chi connectivity index (χ1n) is 6.25. The van der Waals surface area contributed by atoms with E-state index in [1.165, 1.54) is 19.4 Å². The van der Waals surface area contributed by atoms with E-state index in [4.69, 9.17) is 5.73 Å². The van der Waals surface area contributed by atoms with E-state index in [0.29, 0.717) is 6.04 Å². The third-order valence-corrected chi connectivity index (χ3v) is 3.13. The average molecular weight is 248 g/mol. The minimum atomic E-state index is -0.537. The van der Waals surface area contributed by atoms with Crippen molar-refractivity contribution in [2.75, 3.05) is 30.8 Å². The topological polar surface area (TPSA) is 70.4 Å². The molecule has 0 aliphatic carbocycles. The Bertz CT molecular complexity index is 421. The zero-order chi connectivity index (χ0) is 13.0. The lowest BCUT2D eigenvalue weighted by atomic mass is 10.1. The van der Waals surface area contributed by atoms with Crippen LogP contribution < -0.4 is 16.4 Å². The molecule has 2 rings (SSSR count). The number of carbonyl (C=O) groups excluding carboxylic acids is 1. The van der Waals surface area contributed by atoms with Crippen molar-refractivity contribution < 1.29 is 4.79 Å². The number of nitrogens with two attached hydrogens (primary N) is 1. The predicted octanol–water partition coefficient (Wildman–Crippen LogP) is 1.68. The molecule has 1 heterocycles. The van der Waals surface area contributed by atoms with Crippen molar-refractivity contribution in [1.29, 1.82) is 0 Å². The molecule has 0 spiro atoms. The van der Waals surface area contributed by atoms with E-state index in [0.717, 1.165) is 17.9 Å². The number of hydrogen-bond donors (Lipinski definition) is 3. The molecule has 1 atom stereocenters. The first kappa shape index (κ1) is 12.7. The van der Waals surface area contributed by atoms with Gasteiger partial charge in [0.1, 0.15) is 0 Å². The maximum atomic E-state index is 10.8. The average Bonchev–Trinajstić information content (AvgIpc) is 2.28. The summed E-state index contributed by atoms with van der Waals surface area (Å²) in [5, 5.41) is 6.07. The van der Waals surface area contributed by atoms with Crippen molar-refractivity contribution in [1.82, 2.24) is 4.90 Å². The van der Waals surface area contributed by atoms with Gasteiger partial charge in [-0.3, -0.25) is 0 Å². The fourth-order valence-corrected chi connectivity index (χ4v) is 2.35. The van der Waals surface area contributed by atoms with Crippen molar-refractivity contribution >= 4 is 17.4 Å². The van der Waals surface area contributed by atoms with Crippen LogP contribution in [-0.2, 0) is 0 Å². The number of hydrogen-bond acceptors (Lipinski definition) is 3. The summed E-state index contributed by atoms with van der Waals surface area (Å²) in [5.74, 6) is 0. The fourth-order valence-electron chi connectivity index (χ4n) is 2.35. The summed E-state index contributed by atoms with van der Waals surface area (Å²) in [6.45, 7) is 2.22. The minimum Gasteiger partial charge on any atom is -0.381 e. The van der Waals surface area contributed by atoms with Gasteiger partial charge in [0.25, 0.3) is 0 Å². The van der Waals surface area contributed by atoms with E-state index in [-0.39, 0.29) is 0 Å². The molecule has 0 aromatic heterocycles. The number of nitrogens with one attached hydrogen (secondary N) is 2. The predicted molar refractivity (Wildman–Crippen MR) is 73.8 cm³/mol. The van der Waals surface area contributed by atoms with Crippen LogP contribution in [0.5, 0.6) is 0 Å². The highest BCUT2D eigenvalue weighted by molar-refractivity contribution is 5.88. The molecule has 1 fully saturated rings. The van der Waals surface area contributed by atoms with Crippen molar-refractivity contribution in [3.63, 3.8) is 0 Å². The molecule has 0 saturated carbocycles. The van der Waals surface area contributed by atoms with E-state index in [2.05, 4.69) is 22.6 Å². The van der Waals surface area contributed by atoms with Gasteiger partial charge in [-0.1, -0.05) is 6.07 Å². The Hall–Kier alpha value is -1.75. The van der Waals surface area contributed by atoms with Gasteiger partial charge < -0.3 is 21.3 Å². The van der Waals surface area contributed by atoms with Crippen molar-refractivity contribution in [3.05, 3.63) is 24.3 Å². The van der Waals surface area contributed by atoms with Crippen LogP contribution in [0.25, 0.3) is 0 Å². The number of primary amides is 1. The molecule has 1 aliphatic heterocycles. The molecule has 1 unspecified atom stereocenters. The van der Waals surface area contributed by atoms with Gasteiger partial charge in [-0.2, -0.15) is 0 Å². The molecular weight excluding hydrogens is 228 g/mol. The normalized spacial score (nSPS) is 20.4. The second kappa shape index (κ2) is 5.73. The van der Waals surface area contributed by atoms with Crippen molar-refractivity contribution in [2.24, 2.45) is 5.73 Å². The highest BCUT2D eigenvalue weighted by atomic mass is 16.2. The van der Waals surface area contributed by atoms with Gasteiger partial charge in [0.15, 0.2) is 0 Å². The summed E-state index contributed by atoms with van der Waals surface area (Å²) in [5.41, 5.74) is 6.83. The number of urea groups is 1. The summed E-state index contributed by atoms with van der Waals surface area (Å²) < 4.78 is 0. The van der Waals surface area contributed by atoms with Crippen LogP contribution in [-0.4, -0.2) is 37.1 Å². The minimum absolute atomic E-state index is 0.465. The molecule has 1 aliphatic rings. The zero-order valence-electron chi connectivity index (χ0n) is 10.6. The number of likely N-dealkylation sites (N-methyl/N-ethyl adjacent to an activating group) is 1. The Labute approximate surface area is 107 Å². The number of nitrogens with zero attached hydrogens (tertiary/aromatic N) is 1. The number of benzene rings is 1. The molecule has 5 nitrogen and oxygen atoms in total. The summed E-state index contributed by atoms with van der Waals surface area (Å²) >= 11 is 0. The first-order valence-corrected chi connectivity index (χ1v) is 6.25. The number of anilines is 2. The van der Waals surface area contributed by atoms with E-state index >= 15 is 0 Å². The maximum absolute atomic E-state index is 10.8. The monoisotopic (exact) mass is 248 g/mol. The third-order valence-electron chi connectivity index (χ3n) is 3.13. The van der Waals surface area contributed by atoms with E-state index in [9.17, 15) is 4.79 Å². The van der Waals surface area contributed by atoms with Gasteiger partial charge in [-0.05, 0) is 44.6 Å². The number of amides is 2. The molecule has 1 saturated heterocycles. The largest absolute Gasteiger partial charge is 0.381 e. The number of carbonyl (C=O) groups is 1. The summed E-state index contributed by atoms with van der Waals surface area (Å²) in [7, 11) is 2.14. The Kier molecular flexibility index (Phi) is 4.04. The lowest BCUT2D eigenvalue weighted by molar-refractivity contribution is 0.259. The second-order valence-electron chi connectivity index (χ2n) is 4.82. The molecule has 0 bridgehead atoms. The second-order valence-corrected chi connectivity index (χ2v) is 4.82. The molecule has 4 N–H and O–H groups in total. The number of rotatable bonds is 3. The van der Waals surface area contributed by atoms with Crippen LogP contribution in [0.2, 0.25) is 0 Å². The fraction of sp³-hybridized carbons (Fsp3) is 0.462. The lowest BCUT2D eigenvalue weighted by Crippen LogP contribution is -2.39. The van der Waals surface area contributed by atoms with Crippen LogP contribution in [0.15, 0.2) is 24.3 Å². The van der Waals surface area contributed by atoms with Crippen molar-refractivity contribution in [2.45, 2.75) is 18.9 Å². The van der Waals surface area contributed by atoms with Crippen LogP contribution >= 0.6 is 0 Å². The van der Waals surface area contributed by atoms with Gasteiger partial charge in [-0.25, -0.2) is 4.79 Å². The Morgan fingerprint density at radius 1 is 1.44 bits per heavy atom. The standard InChI is InChI=1S/C13H20N4O/c1-17-7-3-6-12(9-17)15-10-4-2-5-11(8-10)16-13(14)18/h2,4-5,8,12,15H,3,6-7,9H2,1H3,(H3,14,16,18). The molecule has 1 aromatic carbocycles. The molecule has 0 radical (unpaired) electrons. The third kappa shape index (κ3) is 3.63. The van der Waals surface area contributed by atoms with Crippen LogP contribution in [0, 0.1) is 0 Å². The molecular formula is C13H20N4O. The SMILES string of the molecule is CN1CCCC(Nc2cccc(NC(N)=O)c2)C1. The van der Waals surface area contributed by atoms with E-state index in [1.807, 2.05) is 24.3 Å². The lowest BCUT2D eigenvalue weighted by Gasteiger charge is -2.31. The van der Waals surface area contributed by atoms with Gasteiger partial charge in [0, 0.05) is 24.0 Å². The Morgan fingerprint density at radius 3 is 2.94 bits per heavy atom. The highest BCUT2D eigenvalue weighted by Gasteiger charge is 2.16. The smallest absolute Gasteiger partial charge is 0.316 e. The van der Waals surface area contributed by atoms with Gasteiger partial charge in [-0.15, -0.1) is 0 Å². The maximum Gasteiger partial charge on any atom is 0.316 e.